The molecule has 2 aromatic carbocycles. The van der Waals surface area contributed by atoms with Crippen molar-refractivity contribution in [1.29, 1.82) is 0 Å². The highest BCUT2D eigenvalue weighted by Crippen LogP contribution is 2.32. The summed E-state index contributed by atoms with van der Waals surface area (Å²) in [6.45, 7) is 1.91. The zero-order valence-electron chi connectivity index (χ0n) is 15.6. The molecule has 3 rings (SSSR count). The van der Waals surface area contributed by atoms with Gasteiger partial charge in [-0.1, -0.05) is 11.6 Å². The number of hydrogen-bond acceptors (Lipinski definition) is 7. The highest BCUT2D eigenvalue weighted by atomic mass is 35.5. The number of nitrogens with one attached hydrogen (secondary N) is 2. The molecule has 28 heavy (non-hydrogen) atoms. The molecule has 0 aliphatic rings. The van der Waals surface area contributed by atoms with E-state index >= 15 is 0 Å². The van der Waals surface area contributed by atoms with Crippen LogP contribution in [-0.2, 0) is 4.74 Å². The highest BCUT2D eigenvalue weighted by molar-refractivity contribution is 6.31. The van der Waals surface area contributed by atoms with E-state index in [4.69, 9.17) is 21.1 Å². The number of aromatic nitrogens is 2. The van der Waals surface area contributed by atoms with Gasteiger partial charge in [0, 0.05) is 23.0 Å². The number of rotatable bonds is 6. The van der Waals surface area contributed by atoms with E-state index in [0.29, 0.717) is 28.1 Å². The zero-order valence-corrected chi connectivity index (χ0v) is 16.4. The van der Waals surface area contributed by atoms with Crippen LogP contribution in [0.2, 0.25) is 5.02 Å². The Bertz CT molecular complexity index is 993. The van der Waals surface area contributed by atoms with Gasteiger partial charge in [0.25, 0.3) is 0 Å². The normalized spacial score (nSPS) is 10.3. The predicted octanol–water partition coefficient (Wildman–Crippen LogP) is 4.72. The SMILES string of the molecule is COC(=O)c1ccc(Nc2nccc(Nc3cc(C)c(Cl)cc3OC)n2)cc1. The average Bonchev–Trinajstić information content (AvgIpc) is 2.71. The van der Waals surface area contributed by atoms with Crippen molar-refractivity contribution in [2.75, 3.05) is 24.9 Å². The van der Waals surface area contributed by atoms with Crippen molar-refractivity contribution in [3.05, 3.63) is 64.8 Å². The third-order valence-electron chi connectivity index (χ3n) is 3.96. The number of anilines is 4. The Labute approximate surface area is 167 Å². The summed E-state index contributed by atoms with van der Waals surface area (Å²) in [6, 6.07) is 12.2. The van der Waals surface area contributed by atoms with Gasteiger partial charge in [-0.25, -0.2) is 9.78 Å². The van der Waals surface area contributed by atoms with Gasteiger partial charge in [-0.15, -0.1) is 0 Å². The molecule has 0 aliphatic carbocycles. The van der Waals surface area contributed by atoms with Crippen molar-refractivity contribution in [3.8, 4) is 5.75 Å². The molecule has 144 valence electrons. The third kappa shape index (κ3) is 4.50. The molecule has 1 heterocycles. The fourth-order valence-corrected chi connectivity index (χ4v) is 2.65. The Hall–Kier alpha value is -3.32. The molecule has 2 N–H and O–H groups in total. The Balaban J connectivity index is 1.78. The second-order valence-electron chi connectivity index (χ2n) is 5.89. The molecule has 0 bridgehead atoms. The van der Waals surface area contributed by atoms with E-state index in [1.165, 1.54) is 7.11 Å². The van der Waals surface area contributed by atoms with Crippen molar-refractivity contribution >= 4 is 40.7 Å². The lowest BCUT2D eigenvalue weighted by atomic mass is 10.2. The summed E-state index contributed by atoms with van der Waals surface area (Å²) in [6.07, 6.45) is 1.63. The molecule has 7 nitrogen and oxygen atoms in total. The number of carbonyl (C=O) groups excluding carboxylic acids is 1. The number of nitrogens with zero attached hydrogens (tertiary/aromatic N) is 2. The van der Waals surface area contributed by atoms with Crippen LogP contribution in [0.5, 0.6) is 5.75 Å². The first-order chi connectivity index (χ1) is 13.5. The maximum Gasteiger partial charge on any atom is 0.337 e. The first kappa shape index (κ1) is 19.4. The van der Waals surface area contributed by atoms with Crippen LogP contribution < -0.4 is 15.4 Å². The number of halogens is 1. The lowest BCUT2D eigenvalue weighted by molar-refractivity contribution is 0.0601. The summed E-state index contributed by atoms with van der Waals surface area (Å²) in [7, 11) is 2.93. The van der Waals surface area contributed by atoms with E-state index < -0.39 is 0 Å². The second-order valence-corrected chi connectivity index (χ2v) is 6.29. The largest absolute Gasteiger partial charge is 0.495 e. The molecule has 0 atom stereocenters. The topological polar surface area (TPSA) is 85.4 Å². The molecule has 8 heteroatoms. The van der Waals surface area contributed by atoms with Gasteiger partial charge in [-0.3, -0.25) is 0 Å². The minimum atomic E-state index is -0.388. The Morgan fingerprint density at radius 3 is 2.50 bits per heavy atom. The summed E-state index contributed by atoms with van der Waals surface area (Å²) < 4.78 is 10.1. The van der Waals surface area contributed by atoms with Crippen molar-refractivity contribution in [2.24, 2.45) is 0 Å². The minimum absolute atomic E-state index is 0.388. The molecule has 0 aliphatic heterocycles. The maximum absolute atomic E-state index is 11.5. The number of methoxy groups -OCH3 is 2. The van der Waals surface area contributed by atoms with Gasteiger partial charge in [0.1, 0.15) is 11.6 Å². The fraction of sp³-hybridized carbons (Fsp3) is 0.150. The Morgan fingerprint density at radius 1 is 1.07 bits per heavy atom. The van der Waals surface area contributed by atoms with Crippen LogP contribution in [0, 0.1) is 6.92 Å². The van der Waals surface area contributed by atoms with E-state index in [9.17, 15) is 4.79 Å². The fourth-order valence-electron chi connectivity index (χ4n) is 2.49. The third-order valence-corrected chi connectivity index (χ3v) is 4.37. The van der Waals surface area contributed by atoms with E-state index in [0.717, 1.165) is 16.9 Å². The molecule has 1 aromatic heterocycles. The van der Waals surface area contributed by atoms with Crippen molar-refractivity contribution in [1.82, 2.24) is 9.97 Å². The first-order valence-corrected chi connectivity index (χ1v) is 8.77. The Morgan fingerprint density at radius 2 is 1.82 bits per heavy atom. The molecular formula is C20H19ClN4O3. The summed E-state index contributed by atoms with van der Waals surface area (Å²) in [5.41, 5.74) is 2.87. The summed E-state index contributed by atoms with van der Waals surface area (Å²) in [5, 5.41) is 6.94. The predicted molar refractivity (Wildman–Crippen MR) is 109 cm³/mol. The standard InChI is InChI=1S/C20H19ClN4O3/c1-12-10-16(17(27-2)11-15(12)21)24-18-8-9-22-20(25-18)23-14-6-4-13(5-7-14)19(26)28-3/h4-11H,1-3H3,(H2,22,23,24,25). The number of benzene rings is 2. The lowest BCUT2D eigenvalue weighted by Gasteiger charge is -2.13. The summed E-state index contributed by atoms with van der Waals surface area (Å²) in [5.74, 6) is 1.22. The van der Waals surface area contributed by atoms with E-state index in [2.05, 4.69) is 20.6 Å². The van der Waals surface area contributed by atoms with Crippen molar-refractivity contribution in [3.63, 3.8) is 0 Å². The summed E-state index contributed by atoms with van der Waals surface area (Å²) in [4.78, 5) is 20.2. The van der Waals surface area contributed by atoms with E-state index in [-0.39, 0.29) is 5.97 Å². The maximum atomic E-state index is 11.5. The van der Waals surface area contributed by atoms with Crippen LogP contribution in [0.25, 0.3) is 0 Å². The number of aryl methyl sites for hydroxylation is 1. The van der Waals surface area contributed by atoms with Crippen LogP contribution >= 0.6 is 11.6 Å². The van der Waals surface area contributed by atoms with Gasteiger partial charge >= 0.3 is 5.97 Å². The number of hydrogen-bond donors (Lipinski definition) is 2. The molecule has 0 saturated heterocycles. The zero-order chi connectivity index (χ0) is 20.1. The molecule has 0 unspecified atom stereocenters. The first-order valence-electron chi connectivity index (χ1n) is 8.39. The molecular weight excluding hydrogens is 380 g/mol. The van der Waals surface area contributed by atoms with Crippen LogP contribution in [0.15, 0.2) is 48.7 Å². The van der Waals surface area contributed by atoms with Crippen LogP contribution in [0.1, 0.15) is 15.9 Å². The van der Waals surface area contributed by atoms with Gasteiger partial charge in [0.05, 0.1) is 25.5 Å². The smallest absolute Gasteiger partial charge is 0.337 e. The molecule has 0 spiro atoms. The average molecular weight is 399 g/mol. The highest BCUT2D eigenvalue weighted by Gasteiger charge is 2.09. The minimum Gasteiger partial charge on any atom is -0.495 e. The van der Waals surface area contributed by atoms with Gasteiger partial charge in [0.2, 0.25) is 5.95 Å². The van der Waals surface area contributed by atoms with Crippen molar-refractivity contribution < 1.29 is 14.3 Å². The van der Waals surface area contributed by atoms with Gasteiger partial charge < -0.3 is 20.1 Å². The van der Waals surface area contributed by atoms with Crippen LogP contribution in [0.3, 0.4) is 0 Å². The van der Waals surface area contributed by atoms with Crippen molar-refractivity contribution in [2.45, 2.75) is 6.92 Å². The molecule has 0 amide bonds. The number of esters is 1. The second kappa shape index (κ2) is 8.58. The van der Waals surface area contributed by atoms with Gasteiger partial charge in [-0.2, -0.15) is 4.98 Å². The summed E-state index contributed by atoms with van der Waals surface area (Å²) >= 11 is 6.15. The van der Waals surface area contributed by atoms with E-state index in [1.54, 1.807) is 49.7 Å². The van der Waals surface area contributed by atoms with Gasteiger partial charge in [0.15, 0.2) is 0 Å². The number of ether oxygens (including phenoxy) is 2. The quantitative estimate of drug-likeness (QED) is 0.581. The van der Waals surface area contributed by atoms with Crippen LogP contribution in [-0.4, -0.2) is 30.2 Å². The van der Waals surface area contributed by atoms with Crippen LogP contribution in [0.4, 0.5) is 23.1 Å². The Kier molecular flexibility index (Phi) is 5.96. The lowest BCUT2D eigenvalue weighted by Crippen LogP contribution is -2.03. The van der Waals surface area contributed by atoms with E-state index in [1.807, 2.05) is 13.0 Å². The monoisotopic (exact) mass is 398 g/mol. The molecule has 0 saturated carbocycles. The number of carbonyl (C=O) groups is 1. The molecule has 0 fully saturated rings. The molecule has 3 aromatic rings. The van der Waals surface area contributed by atoms with Gasteiger partial charge in [-0.05, 0) is 48.9 Å². The molecule has 0 radical (unpaired) electrons.